The number of ether oxygens (including phenoxy) is 1. The molecule has 5 rings (SSSR count). The van der Waals surface area contributed by atoms with Gasteiger partial charge in [-0.2, -0.15) is 0 Å². The molecule has 1 aliphatic carbocycles. The highest BCUT2D eigenvalue weighted by molar-refractivity contribution is 7.26. The average Bonchev–Trinajstić information content (AvgIpc) is 3.13. The maximum absolute atomic E-state index is 9.42. The fraction of sp³-hybridized carbons (Fsp3) is 0.550. The summed E-state index contributed by atoms with van der Waals surface area (Å²) < 4.78 is 6.58. The van der Waals surface area contributed by atoms with E-state index in [9.17, 15) is 5.11 Å². The summed E-state index contributed by atoms with van der Waals surface area (Å²) in [5.74, 6) is 1.93. The van der Waals surface area contributed by atoms with Crippen LogP contribution in [0.1, 0.15) is 30.9 Å². The van der Waals surface area contributed by atoms with Crippen LogP contribution in [0, 0.1) is 0 Å². The molecule has 8 heteroatoms. The van der Waals surface area contributed by atoms with E-state index < -0.39 is 0 Å². The minimum Gasteiger partial charge on any atom is -0.394 e. The van der Waals surface area contributed by atoms with Gasteiger partial charge in [0.2, 0.25) is 0 Å². The number of hydrogen-bond donors (Lipinski definition) is 2. The molecular formula is C20H25N5O2S. The third-order valence-electron chi connectivity index (χ3n) is 5.67. The number of aromatic nitrogens is 3. The summed E-state index contributed by atoms with van der Waals surface area (Å²) in [6, 6.07) is -0.0610. The largest absolute Gasteiger partial charge is 0.394 e. The van der Waals surface area contributed by atoms with Crippen LogP contribution < -0.4 is 10.2 Å². The van der Waals surface area contributed by atoms with Gasteiger partial charge in [0.25, 0.3) is 0 Å². The second-order valence-corrected chi connectivity index (χ2v) is 8.61. The van der Waals surface area contributed by atoms with E-state index in [0.29, 0.717) is 0 Å². The van der Waals surface area contributed by atoms with Gasteiger partial charge >= 0.3 is 0 Å². The highest BCUT2D eigenvalue weighted by atomic mass is 32.1. The summed E-state index contributed by atoms with van der Waals surface area (Å²) in [7, 11) is 0. The van der Waals surface area contributed by atoms with E-state index in [4.69, 9.17) is 9.72 Å². The quantitative estimate of drug-likeness (QED) is 0.698. The number of pyridine rings is 1. The molecule has 1 fully saturated rings. The van der Waals surface area contributed by atoms with Gasteiger partial charge in [0, 0.05) is 24.5 Å². The number of morpholine rings is 1. The molecule has 2 N–H and O–H groups in total. The van der Waals surface area contributed by atoms with Crippen molar-refractivity contribution in [1.82, 2.24) is 15.0 Å². The van der Waals surface area contributed by atoms with E-state index in [2.05, 4.69) is 20.2 Å². The Morgan fingerprint density at radius 1 is 1.21 bits per heavy atom. The lowest BCUT2D eigenvalue weighted by molar-refractivity contribution is 0.122. The summed E-state index contributed by atoms with van der Waals surface area (Å²) in [6.07, 6.45) is 6.21. The highest BCUT2D eigenvalue weighted by Crippen LogP contribution is 2.42. The van der Waals surface area contributed by atoms with Gasteiger partial charge in [-0.3, -0.25) is 0 Å². The molecule has 28 heavy (non-hydrogen) atoms. The van der Waals surface area contributed by atoms with Gasteiger partial charge in [0.15, 0.2) is 0 Å². The van der Waals surface area contributed by atoms with Crippen molar-refractivity contribution in [1.29, 1.82) is 0 Å². The lowest BCUT2D eigenvalue weighted by atomic mass is 9.90. The highest BCUT2D eigenvalue weighted by Gasteiger charge is 2.26. The van der Waals surface area contributed by atoms with Crippen LogP contribution in [-0.4, -0.2) is 59.0 Å². The van der Waals surface area contributed by atoms with Gasteiger partial charge in [-0.05, 0) is 43.7 Å². The number of anilines is 2. The Kier molecular flexibility index (Phi) is 4.78. The van der Waals surface area contributed by atoms with Crippen LogP contribution >= 0.6 is 11.3 Å². The third kappa shape index (κ3) is 3.00. The summed E-state index contributed by atoms with van der Waals surface area (Å²) in [5, 5.41) is 13.9. The smallest absolute Gasteiger partial charge is 0.147 e. The molecule has 0 bridgehead atoms. The standard InChI is InChI=1S/C20H25N5O2S/c1-12(10-26)23-18-17-16(21-11-22-18)15-13-4-2-3-5-14(13)19(24-20(15)28-17)25-6-8-27-9-7-25/h11-12,26H,2-10H2,1H3,(H,21,22,23)/t12-/m0/s1. The van der Waals surface area contributed by atoms with Gasteiger partial charge < -0.3 is 20.1 Å². The van der Waals surface area contributed by atoms with Crippen LogP contribution in [-0.2, 0) is 17.6 Å². The second-order valence-electron chi connectivity index (χ2n) is 7.61. The second kappa shape index (κ2) is 7.42. The molecule has 4 heterocycles. The van der Waals surface area contributed by atoms with Crippen molar-refractivity contribution < 1.29 is 9.84 Å². The summed E-state index contributed by atoms with van der Waals surface area (Å²) in [5.41, 5.74) is 3.81. The summed E-state index contributed by atoms with van der Waals surface area (Å²) in [6.45, 7) is 5.33. The number of aryl methyl sites for hydroxylation is 1. The number of hydrogen-bond acceptors (Lipinski definition) is 8. The van der Waals surface area contributed by atoms with Crippen LogP contribution in [0.3, 0.4) is 0 Å². The Morgan fingerprint density at radius 2 is 2.00 bits per heavy atom. The van der Waals surface area contributed by atoms with Crippen LogP contribution in [0.2, 0.25) is 0 Å². The zero-order valence-corrected chi connectivity index (χ0v) is 16.9. The van der Waals surface area contributed by atoms with Crippen molar-refractivity contribution in [3.63, 3.8) is 0 Å². The van der Waals surface area contributed by atoms with Crippen molar-refractivity contribution >= 4 is 43.4 Å². The van der Waals surface area contributed by atoms with Gasteiger partial charge in [-0.1, -0.05) is 0 Å². The molecule has 3 aromatic heterocycles. The number of fused-ring (bicyclic) bond motifs is 5. The van der Waals surface area contributed by atoms with Crippen molar-refractivity contribution in [2.75, 3.05) is 43.1 Å². The first-order valence-corrected chi connectivity index (χ1v) is 10.9. The average molecular weight is 400 g/mol. The zero-order chi connectivity index (χ0) is 19.1. The number of aliphatic hydroxyl groups is 1. The zero-order valence-electron chi connectivity index (χ0n) is 16.1. The lowest BCUT2D eigenvalue weighted by Gasteiger charge is -2.31. The first-order valence-electron chi connectivity index (χ1n) is 10.1. The monoisotopic (exact) mass is 399 g/mol. The van der Waals surface area contributed by atoms with E-state index in [1.165, 1.54) is 29.4 Å². The first kappa shape index (κ1) is 18.0. The Bertz CT molecular complexity index is 1010. The van der Waals surface area contributed by atoms with Crippen molar-refractivity contribution in [2.24, 2.45) is 0 Å². The first-order chi connectivity index (χ1) is 13.8. The molecule has 0 unspecified atom stereocenters. The Hall–Kier alpha value is -2.03. The molecule has 1 atom stereocenters. The molecular weight excluding hydrogens is 374 g/mol. The van der Waals surface area contributed by atoms with E-state index in [1.54, 1.807) is 17.7 Å². The van der Waals surface area contributed by atoms with Gasteiger partial charge in [-0.15, -0.1) is 11.3 Å². The molecule has 148 valence electrons. The van der Waals surface area contributed by atoms with Crippen LogP contribution in [0.4, 0.5) is 11.6 Å². The van der Waals surface area contributed by atoms with E-state index in [1.807, 2.05) is 6.92 Å². The molecule has 0 saturated carbocycles. The van der Waals surface area contributed by atoms with Crippen LogP contribution in [0.5, 0.6) is 0 Å². The molecule has 0 aromatic carbocycles. The third-order valence-corrected chi connectivity index (χ3v) is 6.75. The predicted octanol–water partition coefficient (Wildman–Crippen LogP) is 2.75. The SMILES string of the molecule is C[C@@H](CO)Nc1ncnc2c1sc1nc(N3CCOCC3)c3c(c12)CCCC3. The number of aliphatic hydroxyl groups excluding tert-OH is 1. The minimum absolute atomic E-state index is 0.0607. The van der Waals surface area contributed by atoms with Gasteiger partial charge in [0.1, 0.15) is 22.8 Å². The molecule has 0 amide bonds. The maximum Gasteiger partial charge on any atom is 0.147 e. The fourth-order valence-corrected chi connectivity index (χ4v) is 5.37. The number of rotatable bonds is 4. The van der Waals surface area contributed by atoms with Gasteiger partial charge in [0.05, 0.1) is 30.0 Å². The topological polar surface area (TPSA) is 83.4 Å². The normalized spacial score (nSPS) is 18.4. The summed E-state index contributed by atoms with van der Waals surface area (Å²) >= 11 is 1.65. The molecule has 3 aromatic rings. The fourth-order valence-electron chi connectivity index (χ4n) is 4.26. The Morgan fingerprint density at radius 3 is 2.79 bits per heavy atom. The molecule has 0 radical (unpaired) electrons. The number of nitrogens with zero attached hydrogens (tertiary/aromatic N) is 4. The molecule has 7 nitrogen and oxygen atoms in total. The van der Waals surface area contributed by atoms with Crippen molar-refractivity contribution in [2.45, 2.75) is 38.6 Å². The van der Waals surface area contributed by atoms with Crippen LogP contribution in [0.25, 0.3) is 20.4 Å². The van der Waals surface area contributed by atoms with E-state index >= 15 is 0 Å². The van der Waals surface area contributed by atoms with Crippen molar-refractivity contribution in [3.8, 4) is 0 Å². The van der Waals surface area contributed by atoms with E-state index in [0.717, 1.165) is 65.8 Å². The molecule has 1 aliphatic heterocycles. The van der Waals surface area contributed by atoms with Gasteiger partial charge in [-0.25, -0.2) is 15.0 Å². The van der Waals surface area contributed by atoms with E-state index in [-0.39, 0.29) is 12.6 Å². The molecule has 1 saturated heterocycles. The Balaban J connectivity index is 1.72. The predicted molar refractivity (Wildman–Crippen MR) is 113 cm³/mol. The molecule has 2 aliphatic rings. The lowest BCUT2D eigenvalue weighted by Crippen LogP contribution is -2.37. The van der Waals surface area contributed by atoms with Crippen molar-refractivity contribution in [3.05, 3.63) is 17.5 Å². The number of thiophene rings is 1. The number of nitrogens with one attached hydrogen (secondary N) is 1. The Labute approximate surface area is 167 Å². The molecule has 0 spiro atoms. The van der Waals surface area contributed by atoms with Crippen LogP contribution in [0.15, 0.2) is 6.33 Å². The summed E-state index contributed by atoms with van der Waals surface area (Å²) in [4.78, 5) is 17.6. The maximum atomic E-state index is 9.42. The minimum atomic E-state index is -0.0610.